The van der Waals surface area contributed by atoms with Gasteiger partial charge in [0, 0.05) is 6.04 Å². The van der Waals surface area contributed by atoms with Gasteiger partial charge in [-0.15, -0.1) is 0 Å². The van der Waals surface area contributed by atoms with Crippen LogP contribution in [0.5, 0.6) is 0 Å². The minimum absolute atomic E-state index is 0.0548. The van der Waals surface area contributed by atoms with Crippen LogP contribution in [0.15, 0.2) is 29.1 Å². The number of hydrogen-bond donors (Lipinski definition) is 1. The zero-order chi connectivity index (χ0) is 16.2. The Kier molecular flexibility index (Phi) is 4.74. The van der Waals surface area contributed by atoms with Gasteiger partial charge in [-0.05, 0) is 31.9 Å². The number of amides is 1. The quantitative estimate of drug-likeness (QED) is 0.886. The lowest BCUT2D eigenvalue weighted by atomic mass is 10.1. The van der Waals surface area contributed by atoms with E-state index >= 15 is 0 Å². The molecule has 5 nitrogen and oxygen atoms in total. The summed E-state index contributed by atoms with van der Waals surface area (Å²) >= 11 is 0. The molecule has 0 aliphatic heterocycles. The van der Waals surface area contributed by atoms with E-state index in [1.54, 1.807) is 6.92 Å². The largest absolute Gasteiger partial charge is 0.352 e. The molecule has 1 aliphatic carbocycles. The lowest BCUT2D eigenvalue weighted by Crippen LogP contribution is -2.39. The van der Waals surface area contributed by atoms with E-state index in [1.165, 1.54) is 30.3 Å². The summed E-state index contributed by atoms with van der Waals surface area (Å²) in [5, 5.41) is 3.10. The maximum Gasteiger partial charge on any atom is 0.272 e. The van der Waals surface area contributed by atoms with Gasteiger partial charge in [-0.1, -0.05) is 37.8 Å². The van der Waals surface area contributed by atoms with Crippen LogP contribution in [-0.2, 0) is 11.3 Å². The first-order chi connectivity index (χ1) is 11.1. The third-order valence-electron chi connectivity index (χ3n) is 4.54. The van der Waals surface area contributed by atoms with Gasteiger partial charge in [-0.25, -0.2) is 4.98 Å². The lowest BCUT2D eigenvalue weighted by Gasteiger charge is -2.17. The van der Waals surface area contributed by atoms with E-state index in [-0.39, 0.29) is 24.1 Å². The molecule has 1 aromatic heterocycles. The Morgan fingerprint density at radius 2 is 1.91 bits per heavy atom. The van der Waals surface area contributed by atoms with Crippen molar-refractivity contribution in [3.63, 3.8) is 0 Å². The highest BCUT2D eigenvalue weighted by atomic mass is 16.2. The predicted octanol–water partition coefficient (Wildman–Crippen LogP) is 2.54. The zero-order valence-electron chi connectivity index (χ0n) is 13.5. The van der Waals surface area contributed by atoms with Crippen molar-refractivity contribution < 1.29 is 4.79 Å². The van der Waals surface area contributed by atoms with Crippen LogP contribution in [0.2, 0.25) is 0 Å². The van der Waals surface area contributed by atoms with E-state index in [0.29, 0.717) is 11.2 Å². The third-order valence-corrected chi connectivity index (χ3v) is 4.54. The number of carbonyl (C=O) groups excluding carboxylic acids is 1. The summed E-state index contributed by atoms with van der Waals surface area (Å²) < 4.78 is 1.53. The number of hydrogen-bond acceptors (Lipinski definition) is 3. The summed E-state index contributed by atoms with van der Waals surface area (Å²) in [5.41, 5.74) is 1.68. The van der Waals surface area contributed by atoms with Gasteiger partial charge in [0.1, 0.15) is 12.2 Å². The van der Waals surface area contributed by atoms with E-state index < -0.39 is 0 Å². The molecule has 1 fully saturated rings. The van der Waals surface area contributed by atoms with Crippen molar-refractivity contribution in [2.75, 3.05) is 0 Å². The molecule has 23 heavy (non-hydrogen) atoms. The van der Waals surface area contributed by atoms with Crippen molar-refractivity contribution in [3.8, 4) is 0 Å². The smallest absolute Gasteiger partial charge is 0.272 e. The highest BCUT2D eigenvalue weighted by molar-refractivity contribution is 5.80. The van der Waals surface area contributed by atoms with Crippen molar-refractivity contribution >= 4 is 16.9 Å². The van der Waals surface area contributed by atoms with E-state index in [1.807, 2.05) is 24.3 Å². The summed E-state index contributed by atoms with van der Waals surface area (Å²) in [6.07, 6.45) is 6.91. The molecule has 1 aromatic carbocycles. The van der Waals surface area contributed by atoms with Gasteiger partial charge in [0.2, 0.25) is 5.91 Å². The second kappa shape index (κ2) is 6.94. The van der Waals surface area contributed by atoms with Crippen molar-refractivity contribution in [3.05, 3.63) is 40.3 Å². The van der Waals surface area contributed by atoms with Gasteiger partial charge in [0.15, 0.2) is 0 Å². The fourth-order valence-corrected chi connectivity index (χ4v) is 3.32. The lowest BCUT2D eigenvalue weighted by molar-refractivity contribution is -0.122. The van der Waals surface area contributed by atoms with Crippen molar-refractivity contribution in [2.45, 2.75) is 58.0 Å². The number of nitrogens with one attached hydrogen (secondary N) is 1. The van der Waals surface area contributed by atoms with Crippen LogP contribution in [0, 0.1) is 6.92 Å². The molecule has 1 heterocycles. The second-order valence-corrected chi connectivity index (χ2v) is 6.33. The molecule has 0 radical (unpaired) electrons. The molecule has 3 rings (SSSR count). The molecule has 0 spiro atoms. The topological polar surface area (TPSA) is 64.0 Å². The van der Waals surface area contributed by atoms with Crippen LogP contribution in [0.4, 0.5) is 0 Å². The van der Waals surface area contributed by atoms with E-state index in [0.717, 1.165) is 18.4 Å². The summed E-state index contributed by atoms with van der Waals surface area (Å²) in [4.78, 5) is 29.1. The molecule has 1 saturated carbocycles. The van der Waals surface area contributed by atoms with Crippen LogP contribution >= 0.6 is 0 Å². The molecule has 0 atom stereocenters. The first kappa shape index (κ1) is 15.7. The van der Waals surface area contributed by atoms with Crippen LogP contribution in [0.3, 0.4) is 0 Å². The van der Waals surface area contributed by atoms with Gasteiger partial charge in [-0.3, -0.25) is 14.2 Å². The molecule has 1 N–H and O–H groups in total. The van der Waals surface area contributed by atoms with Crippen molar-refractivity contribution in [1.82, 2.24) is 14.9 Å². The summed E-state index contributed by atoms with van der Waals surface area (Å²) in [6.45, 7) is 1.74. The Morgan fingerprint density at radius 3 is 2.65 bits per heavy atom. The maximum absolute atomic E-state index is 12.4. The molecule has 1 amide bonds. The predicted molar refractivity (Wildman–Crippen MR) is 90.4 cm³/mol. The number of rotatable bonds is 3. The SMILES string of the molecule is Cc1nc2ccccc2n(CC(=O)NC2CCCCCC2)c1=O. The summed E-state index contributed by atoms with van der Waals surface area (Å²) in [5.74, 6) is -0.0882. The molecule has 2 aromatic rings. The van der Waals surface area contributed by atoms with Crippen molar-refractivity contribution in [2.24, 2.45) is 0 Å². The highest BCUT2D eigenvalue weighted by Crippen LogP contribution is 2.17. The fourth-order valence-electron chi connectivity index (χ4n) is 3.32. The third kappa shape index (κ3) is 3.60. The summed E-state index contributed by atoms with van der Waals surface area (Å²) in [7, 11) is 0. The molecule has 122 valence electrons. The number of fused-ring (bicyclic) bond motifs is 1. The van der Waals surface area contributed by atoms with Crippen LogP contribution < -0.4 is 10.9 Å². The van der Waals surface area contributed by atoms with E-state index in [2.05, 4.69) is 10.3 Å². The molecule has 5 heteroatoms. The molecular formula is C18H23N3O2. The van der Waals surface area contributed by atoms with E-state index in [4.69, 9.17) is 0 Å². The Labute approximate surface area is 135 Å². The van der Waals surface area contributed by atoms with Crippen molar-refractivity contribution in [1.29, 1.82) is 0 Å². The van der Waals surface area contributed by atoms with E-state index in [9.17, 15) is 9.59 Å². The second-order valence-electron chi connectivity index (χ2n) is 6.33. The Morgan fingerprint density at radius 1 is 1.22 bits per heavy atom. The fraction of sp³-hybridized carbons (Fsp3) is 0.500. The van der Waals surface area contributed by atoms with Gasteiger partial charge in [0.25, 0.3) is 5.56 Å². The average Bonchev–Trinajstić information content (AvgIpc) is 2.80. The highest BCUT2D eigenvalue weighted by Gasteiger charge is 2.16. The van der Waals surface area contributed by atoms with Gasteiger partial charge in [0.05, 0.1) is 11.0 Å². The standard InChI is InChI=1S/C18H23N3O2/c1-13-18(23)21(16-11-7-6-10-15(16)19-13)12-17(22)20-14-8-4-2-3-5-9-14/h6-7,10-11,14H,2-5,8-9,12H2,1H3,(H,20,22). The minimum Gasteiger partial charge on any atom is -0.352 e. The number of carbonyl (C=O) groups is 1. The van der Waals surface area contributed by atoms with Gasteiger partial charge < -0.3 is 5.32 Å². The normalized spacial score (nSPS) is 16.2. The minimum atomic E-state index is -0.195. The average molecular weight is 313 g/mol. The Balaban J connectivity index is 1.81. The summed E-state index contributed by atoms with van der Waals surface area (Å²) in [6, 6.07) is 7.69. The molecule has 0 unspecified atom stereocenters. The molecule has 0 saturated heterocycles. The molecular weight excluding hydrogens is 290 g/mol. The van der Waals surface area contributed by atoms with Crippen LogP contribution in [-0.4, -0.2) is 21.5 Å². The Bertz CT molecular complexity index is 758. The first-order valence-corrected chi connectivity index (χ1v) is 8.40. The monoisotopic (exact) mass is 313 g/mol. The Hall–Kier alpha value is -2.17. The zero-order valence-corrected chi connectivity index (χ0v) is 13.5. The number of aryl methyl sites for hydroxylation is 1. The molecule has 1 aliphatic rings. The number of para-hydroxylation sites is 2. The first-order valence-electron chi connectivity index (χ1n) is 8.40. The molecule has 0 bridgehead atoms. The number of nitrogens with zero attached hydrogens (tertiary/aromatic N) is 2. The van der Waals surface area contributed by atoms with Gasteiger partial charge >= 0.3 is 0 Å². The number of benzene rings is 1. The number of aromatic nitrogens is 2. The maximum atomic E-state index is 12.4. The van der Waals surface area contributed by atoms with Gasteiger partial charge in [-0.2, -0.15) is 0 Å². The van der Waals surface area contributed by atoms with Crippen LogP contribution in [0.1, 0.15) is 44.2 Å². The van der Waals surface area contributed by atoms with Crippen LogP contribution in [0.25, 0.3) is 11.0 Å².